The minimum absolute atomic E-state index is 0.0521. The Balaban J connectivity index is 1.91. The summed E-state index contributed by atoms with van der Waals surface area (Å²) in [7, 11) is 0. The van der Waals surface area contributed by atoms with E-state index in [1.807, 2.05) is 0 Å². The standard InChI is InChI=1S/C14H24N2O4/c1-10(2)11-3-6-16(7-4-11)13(19)15-14(12(17)18)5-8-20-9-14/h10-11H,3-9H2,1-2H3,(H,15,19)(H,17,18). The van der Waals surface area contributed by atoms with Crippen molar-refractivity contribution in [2.45, 2.75) is 38.6 Å². The van der Waals surface area contributed by atoms with Gasteiger partial charge >= 0.3 is 12.0 Å². The van der Waals surface area contributed by atoms with Crippen molar-refractivity contribution in [3.63, 3.8) is 0 Å². The highest BCUT2D eigenvalue weighted by Gasteiger charge is 2.44. The Morgan fingerprint density at radius 2 is 2.00 bits per heavy atom. The zero-order chi connectivity index (χ0) is 14.8. The van der Waals surface area contributed by atoms with E-state index in [1.165, 1.54) is 0 Å². The fourth-order valence-electron chi connectivity index (χ4n) is 2.94. The van der Waals surface area contributed by atoms with Crippen molar-refractivity contribution in [1.29, 1.82) is 0 Å². The molecule has 0 radical (unpaired) electrons. The molecule has 0 saturated carbocycles. The molecule has 2 amide bonds. The highest BCUT2D eigenvalue weighted by Crippen LogP contribution is 2.25. The summed E-state index contributed by atoms with van der Waals surface area (Å²) >= 11 is 0. The Morgan fingerprint density at radius 3 is 2.45 bits per heavy atom. The molecule has 0 aromatic heterocycles. The van der Waals surface area contributed by atoms with E-state index in [2.05, 4.69) is 19.2 Å². The molecule has 20 heavy (non-hydrogen) atoms. The summed E-state index contributed by atoms with van der Waals surface area (Å²) in [5, 5.41) is 12.0. The first-order valence-electron chi connectivity index (χ1n) is 7.33. The molecule has 0 aliphatic carbocycles. The van der Waals surface area contributed by atoms with E-state index in [1.54, 1.807) is 4.90 Å². The molecule has 2 aliphatic rings. The van der Waals surface area contributed by atoms with E-state index in [0.29, 0.717) is 38.0 Å². The molecule has 114 valence electrons. The lowest BCUT2D eigenvalue weighted by Gasteiger charge is -2.35. The number of rotatable bonds is 3. The van der Waals surface area contributed by atoms with Gasteiger partial charge in [-0.25, -0.2) is 9.59 Å². The number of nitrogens with one attached hydrogen (secondary N) is 1. The molecular formula is C14H24N2O4. The predicted molar refractivity (Wildman–Crippen MR) is 73.5 cm³/mol. The quantitative estimate of drug-likeness (QED) is 0.819. The highest BCUT2D eigenvalue weighted by molar-refractivity contribution is 5.86. The van der Waals surface area contributed by atoms with Crippen molar-refractivity contribution in [3.05, 3.63) is 0 Å². The SMILES string of the molecule is CC(C)C1CCN(C(=O)NC2(C(=O)O)CCOC2)CC1. The number of carboxylic acid groups (broad SMARTS) is 1. The van der Waals surface area contributed by atoms with Gasteiger partial charge in [0.25, 0.3) is 0 Å². The number of carbonyl (C=O) groups excluding carboxylic acids is 1. The molecule has 0 spiro atoms. The van der Waals surface area contributed by atoms with Crippen LogP contribution in [0.4, 0.5) is 4.79 Å². The first-order valence-corrected chi connectivity index (χ1v) is 7.33. The van der Waals surface area contributed by atoms with Gasteiger partial charge < -0.3 is 20.1 Å². The van der Waals surface area contributed by atoms with Gasteiger partial charge in [-0.3, -0.25) is 0 Å². The van der Waals surface area contributed by atoms with Crippen molar-refractivity contribution in [2.24, 2.45) is 11.8 Å². The lowest BCUT2D eigenvalue weighted by Crippen LogP contribution is -2.59. The van der Waals surface area contributed by atoms with E-state index < -0.39 is 11.5 Å². The van der Waals surface area contributed by atoms with Gasteiger partial charge in [0.05, 0.1) is 6.61 Å². The van der Waals surface area contributed by atoms with Crippen LogP contribution >= 0.6 is 0 Å². The van der Waals surface area contributed by atoms with Gasteiger partial charge in [-0.05, 0) is 24.7 Å². The molecule has 2 aliphatic heterocycles. The normalized spacial score (nSPS) is 27.9. The van der Waals surface area contributed by atoms with Gasteiger partial charge in [0.2, 0.25) is 0 Å². The lowest BCUT2D eigenvalue weighted by atomic mass is 9.87. The summed E-state index contributed by atoms with van der Waals surface area (Å²) < 4.78 is 5.14. The van der Waals surface area contributed by atoms with Crippen LogP contribution in [0.15, 0.2) is 0 Å². The molecule has 0 aromatic rings. The number of aliphatic carboxylic acids is 1. The van der Waals surface area contributed by atoms with Gasteiger partial charge in [-0.15, -0.1) is 0 Å². The van der Waals surface area contributed by atoms with Crippen molar-refractivity contribution in [1.82, 2.24) is 10.2 Å². The third-order valence-corrected chi connectivity index (χ3v) is 4.55. The highest BCUT2D eigenvalue weighted by atomic mass is 16.5. The Morgan fingerprint density at radius 1 is 1.35 bits per heavy atom. The van der Waals surface area contributed by atoms with Crippen LogP contribution in [0, 0.1) is 11.8 Å². The smallest absolute Gasteiger partial charge is 0.332 e. The number of urea groups is 1. The second kappa shape index (κ2) is 5.99. The molecule has 2 heterocycles. The van der Waals surface area contributed by atoms with Gasteiger partial charge in [0, 0.05) is 26.1 Å². The molecular weight excluding hydrogens is 260 g/mol. The van der Waals surface area contributed by atoms with E-state index in [-0.39, 0.29) is 12.6 Å². The molecule has 1 atom stereocenters. The average Bonchev–Trinajstić information content (AvgIpc) is 2.88. The predicted octanol–water partition coefficient (Wildman–Crippen LogP) is 1.31. The monoisotopic (exact) mass is 284 g/mol. The number of nitrogens with zero attached hydrogens (tertiary/aromatic N) is 1. The maximum Gasteiger partial charge on any atom is 0.332 e. The van der Waals surface area contributed by atoms with Crippen molar-refractivity contribution in [2.75, 3.05) is 26.3 Å². The number of amides is 2. The van der Waals surface area contributed by atoms with E-state index in [0.717, 1.165) is 12.8 Å². The second-order valence-electron chi connectivity index (χ2n) is 6.19. The first-order chi connectivity index (χ1) is 9.44. The molecule has 2 fully saturated rings. The molecule has 0 aromatic carbocycles. The molecule has 6 nitrogen and oxygen atoms in total. The maximum absolute atomic E-state index is 12.2. The minimum Gasteiger partial charge on any atom is -0.479 e. The van der Waals surface area contributed by atoms with Crippen molar-refractivity contribution in [3.8, 4) is 0 Å². The number of carboxylic acids is 1. The fraction of sp³-hybridized carbons (Fsp3) is 0.857. The summed E-state index contributed by atoms with van der Waals surface area (Å²) in [6.45, 7) is 6.24. The third kappa shape index (κ3) is 3.06. The minimum atomic E-state index is -1.24. The molecule has 2 N–H and O–H groups in total. The van der Waals surface area contributed by atoms with Gasteiger partial charge in [-0.2, -0.15) is 0 Å². The van der Waals surface area contributed by atoms with Crippen LogP contribution < -0.4 is 5.32 Å². The van der Waals surface area contributed by atoms with Gasteiger partial charge in [0.15, 0.2) is 5.54 Å². The number of ether oxygens (including phenoxy) is 1. The largest absolute Gasteiger partial charge is 0.479 e. The van der Waals surface area contributed by atoms with E-state index in [4.69, 9.17) is 4.74 Å². The number of hydrogen-bond acceptors (Lipinski definition) is 3. The topological polar surface area (TPSA) is 78.9 Å². The van der Waals surface area contributed by atoms with Crippen LogP contribution in [0.25, 0.3) is 0 Å². The van der Waals surface area contributed by atoms with Crippen molar-refractivity contribution >= 4 is 12.0 Å². The second-order valence-corrected chi connectivity index (χ2v) is 6.19. The third-order valence-electron chi connectivity index (χ3n) is 4.55. The van der Waals surface area contributed by atoms with Crippen LogP contribution in [-0.2, 0) is 9.53 Å². The van der Waals surface area contributed by atoms with E-state index >= 15 is 0 Å². The van der Waals surface area contributed by atoms with Gasteiger partial charge in [0.1, 0.15) is 0 Å². The molecule has 6 heteroatoms. The zero-order valence-corrected chi connectivity index (χ0v) is 12.2. The summed E-state index contributed by atoms with van der Waals surface area (Å²) in [6, 6.07) is -0.278. The van der Waals surface area contributed by atoms with Crippen LogP contribution in [-0.4, -0.2) is 53.8 Å². The number of piperidine rings is 1. The average molecular weight is 284 g/mol. The lowest BCUT2D eigenvalue weighted by molar-refractivity contribution is -0.144. The number of carbonyl (C=O) groups is 2. The van der Waals surface area contributed by atoms with Crippen LogP contribution in [0.3, 0.4) is 0 Å². The Kier molecular flexibility index (Phi) is 4.52. The first kappa shape index (κ1) is 15.1. The summed E-state index contributed by atoms with van der Waals surface area (Å²) in [5.41, 5.74) is -1.24. The summed E-state index contributed by atoms with van der Waals surface area (Å²) in [5.74, 6) is 0.275. The van der Waals surface area contributed by atoms with Crippen LogP contribution in [0.1, 0.15) is 33.1 Å². The summed E-state index contributed by atoms with van der Waals surface area (Å²) in [6.07, 6.45) is 2.31. The molecule has 1 unspecified atom stereocenters. The maximum atomic E-state index is 12.2. The Bertz CT molecular complexity index is 369. The summed E-state index contributed by atoms with van der Waals surface area (Å²) in [4.78, 5) is 25.3. The van der Waals surface area contributed by atoms with Crippen molar-refractivity contribution < 1.29 is 19.4 Å². The van der Waals surface area contributed by atoms with E-state index in [9.17, 15) is 14.7 Å². The van der Waals surface area contributed by atoms with Crippen LogP contribution in [0.2, 0.25) is 0 Å². The fourth-order valence-corrected chi connectivity index (χ4v) is 2.94. The molecule has 2 saturated heterocycles. The van der Waals surface area contributed by atoms with Gasteiger partial charge in [-0.1, -0.05) is 13.8 Å². The number of hydrogen-bond donors (Lipinski definition) is 2. The Labute approximate surface area is 119 Å². The van der Waals surface area contributed by atoms with Crippen LogP contribution in [0.5, 0.6) is 0 Å². The molecule has 2 rings (SSSR count). The Hall–Kier alpha value is -1.30. The molecule has 0 bridgehead atoms. The zero-order valence-electron chi connectivity index (χ0n) is 12.2. The number of likely N-dealkylation sites (tertiary alicyclic amines) is 1.